The monoisotopic (exact) mass is 278 g/mol. The zero-order valence-electron chi connectivity index (χ0n) is 12.3. The van der Waals surface area contributed by atoms with E-state index in [0.29, 0.717) is 12.5 Å². The summed E-state index contributed by atoms with van der Waals surface area (Å²) in [5.74, 6) is 0.587. The molecule has 1 aliphatic heterocycles. The molecule has 110 valence electrons. The molecule has 0 aromatic carbocycles. The van der Waals surface area contributed by atoms with Crippen molar-refractivity contribution in [2.24, 2.45) is 0 Å². The summed E-state index contributed by atoms with van der Waals surface area (Å²) >= 11 is 0. The number of hydrogen-bond acceptors (Lipinski definition) is 5. The molecular weight excluding hydrogens is 256 g/mol. The Bertz CT molecular complexity index is 444. The fourth-order valence-electron chi connectivity index (χ4n) is 2.21. The van der Waals surface area contributed by atoms with Crippen LogP contribution in [0.1, 0.15) is 33.6 Å². The van der Waals surface area contributed by atoms with E-state index in [1.54, 1.807) is 23.4 Å². The summed E-state index contributed by atoms with van der Waals surface area (Å²) in [6.07, 6.45) is 5.11. The second-order valence-corrected chi connectivity index (χ2v) is 5.92. The van der Waals surface area contributed by atoms with Crippen LogP contribution in [0.25, 0.3) is 0 Å². The van der Waals surface area contributed by atoms with Crippen molar-refractivity contribution < 1.29 is 9.53 Å². The van der Waals surface area contributed by atoms with Crippen LogP contribution in [0.5, 0.6) is 0 Å². The summed E-state index contributed by atoms with van der Waals surface area (Å²) in [4.78, 5) is 22.1. The van der Waals surface area contributed by atoms with Crippen LogP contribution in [0, 0.1) is 0 Å². The normalized spacial score (nSPS) is 18.9. The molecule has 1 amide bonds. The maximum atomic E-state index is 12.1. The van der Waals surface area contributed by atoms with Crippen molar-refractivity contribution in [3.05, 3.63) is 18.5 Å². The van der Waals surface area contributed by atoms with Gasteiger partial charge in [-0.2, -0.15) is 0 Å². The van der Waals surface area contributed by atoms with Gasteiger partial charge in [-0.25, -0.2) is 14.8 Å². The van der Waals surface area contributed by atoms with E-state index >= 15 is 0 Å². The van der Waals surface area contributed by atoms with E-state index in [0.717, 1.165) is 19.4 Å². The number of aromatic nitrogens is 2. The summed E-state index contributed by atoms with van der Waals surface area (Å²) < 4.78 is 5.43. The molecule has 1 atom stereocenters. The van der Waals surface area contributed by atoms with Gasteiger partial charge in [0.05, 0.1) is 6.04 Å². The van der Waals surface area contributed by atoms with E-state index in [2.05, 4.69) is 15.3 Å². The largest absolute Gasteiger partial charge is 0.444 e. The number of hydrogen-bond donors (Lipinski definition) is 1. The number of amides is 1. The Morgan fingerprint density at radius 3 is 2.80 bits per heavy atom. The van der Waals surface area contributed by atoms with Crippen LogP contribution < -0.4 is 5.32 Å². The molecular formula is C14H22N4O2. The van der Waals surface area contributed by atoms with Crippen molar-refractivity contribution in [2.75, 3.05) is 18.4 Å². The van der Waals surface area contributed by atoms with Gasteiger partial charge in [-0.1, -0.05) is 0 Å². The van der Waals surface area contributed by atoms with Gasteiger partial charge in [0.25, 0.3) is 0 Å². The van der Waals surface area contributed by atoms with E-state index < -0.39 is 5.60 Å². The topological polar surface area (TPSA) is 67.3 Å². The average Bonchev–Trinajstić information content (AvgIpc) is 2.84. The number of ether oxygens (including phenoxy) is 1. The molecule has 6 heteroatoms. The van der Waals surface area contributed by atoms with Gasteiger partial charge in [-0.3, -0.25) is 0 Å². The van der Waals surface area contributed by atoms with Crippen LogP contribution in [0.2, 0.25) is 0 Å². The van der Waals surface area contributed by atoms with Crippen LogP contribution in [-0.4, -0.2) is 45.7 Å². The van der Waals surface area contributed by atoms with Gasteiger partial charge < -0.3 is 15.0 Å². The summed E-state index contributed by atoms with van der Waals surface area (Å²) in [6, 6.07) is 1.90. The Kier molecular flexibility index (Phi) is 4.42. The minimum Gasteiger partial charge on any atom is -0.444 e. The third-order valence-corrected chi connectivity index (χ3v) is 3.07. The highest BCUT2D eigenvalue weighted by atomic mass is 16.6. The molecule has 0 bridgehead atoms. The van der Waals surface area contributed by atoms with Crippen LogP contribution in [0.3, 0.4) is 0 Å². The van der Waals surface area contributed by atoms with E-state index in [1.807, 2.05) is 20.8 Å². The zero-order chi connectivity index (χ0) is 14.6. The quantitative estimate of drug-likeness (QED) is 0.918. The molecule has 1 N–H and O–H groups in total. The third-order valence-electron chi connectivity index (χ3n) is 3.07. The third kappa shape index (κ3) is 4.08. The average molecular weight is 278 g/mol. The lowest BCUT2D eigenvalue weighted by Gasteiger charge is -2.28. The highest BCUT2D eigenvalue weighted by Crippen LogP contribution is 2.20. The van der Waals surface area contributed by atoms with Crippen molar-refractivity contribution in [2.45, 2.75) is 45.3 Å². The fraction of sp³-hybridized carbons (Fsp3) is 0.643. The summed E-state index contributed by atoms with van der Waals surface area (Å²) in [7, 11) is 0. The number of rotatable bonds is 3. The summed E-state index contributed by atoms with van der Waals surface area (Å²) in [5, 5.41) is 3.16. The van der Waals surface area contributed by atoms with E-state index in [4.69, 9.17) is 4.74 Å². The van der Waals surface area contributed by atoms with Crippen molar-refractivity contribution in [1.29, 1.82) is 0 Å². The van der Waals surface area contributed by atoms with Gasteiger partial charge in [0.15, 0.2) is 0 Å². The predicted molar refractivity (Wildman–Crippen MR) is 76.5 cm³/mol. The van der Waals surface area contributed by atoms with Crippen LogP contribution >= 0.6 is 0 Å². The maximum absolute atomic E-state index is 12.1. The summed E-state index contributed by atoms with van der Waals surface area (Å²) in [5.41, 5.74) is -0.458. The second kappa shape index (κ2) is 6.07. The van der Waals surface area contributed by atoms with Crippen molar-refractivity contribution in [3.63, 3.8) is 0 Å². The smallest absolute Gasteiger partial charge is 0.410 e. The molecule has 20 heavy (non-hydrogen) atoms. The van der Waals surface area contributed by atoms with Gasteiger partial charge in [-0.05, 0) is 39.7 Å². The van der Waals surface area contributed by atoms with Crippen molar-refractivity contribution in [3.8, 4) is 0 Å². The lowest BCUT2D eigenvalue weighted by Crippen LogP contribution is -2.42. The predicted octanol–water partition coefficient (Wildman–Crippen LogP) is 2.29. The van der Waals surface area contributed by atoms with Gasteiger partial charge in [-0.15, -0.1) is 0 Å². The van der Waals surface area contributed by atoms with Crippen LogP contribution in [0.15, 0.2) is 18.5 Å². The SMILES string of the molecule is CC(C)(C)OC(=O)N1CCC[C@@H]1CNc1ncccn1. The lowest BCUT2D eigenvalue weighted by molar-refractivity contribution is 0.0235. The molecule has 0 unspecified atom stereocenters. The standard InChI is InChI=1S/C14H22N4O2/c1-14(2,3)20-13(19)18-9-4-6-11(18)10-17-12-15-7-5-8-16-12/h5,7-8,11H,4,6,9-10H2,1-3H3,(H,15,16,17)/t11-/m1/s1. The molecule has 1 aliphatic rings. The molecule has 0 aliphatic carbocycles. The van der Waals surface area contributed by atoms with Gasteiger partial charge in [0.2, 0.25) is 5.95 Å². The van der Waals surface area contributed by atoms with E-state index in [1.165, 1.54) is 0 Å². The Hall–Kier alpha value is -1.85. The Morgan fingerprint density at radius 2 is 2.15 bits per heavy atom. The van der Waals surface area contributed by atoms with Crippen LogP contribution in [0.4, 0.5) is 10.7 Å². The molecule has 1 aromatic heterocycles. The molecule has 0 spiro atoms. The number of carbonyl (C=O) groups is 1. The number of nitrogens with zero attached hydrogens (tertiary/aromatic N) is 3. The highest BCUT2D eigenvalue weighted by Gasteiger charge is 2.31. The van der Waals surface area contributed by atoms with Gasteiger partial charge >= 0.3 is 6.09 Å². The number of anilines is 1. The maximum Gasteiger partial charge on any atom is 0.410 e. The Balaban J connectivity index is 1.89. The lowest BCUT2D eigenvalue weighted by atomic mass is 10.2. The van der Waals surface area contributed by atoms with Crippen LogP contribution in [-0.2, 0) is 4.74 Å². The minimum atomic E-state index is -0.458. The molecule has 6 nitrogen and oxygen atoms in total. The molecule has 0 saturated carbocycles. The number of nitrogens with one attached hydrogen (secondary N) is 1. The Labute approximate surface area is 119 Å². The number of likely N-dealkylation sites (tertiary alicyclic amines) is 1. The van der Waals surface area contributed by atoms with E-state index in [-0.39, 0.29) is 12.1 Å². The van der Waals surface area contributed by atoms with Crippen molar-refractivity contribution in [1.82, 2.24) is 14.9 Å². The zero-order valence-corrected chi connectivity index (χ0v) is 12.3. The molecule has 1 aromatic rings. The summed E-state index contributed by atoms with van der Waals surface area (Å²) in [6.45, 7) is 7.03. The molecule has 0 radical (unpaired) electrons. The van der Waals surface area contributed by atoms with E-state index in [9.17, 15) is 4.79 Å². The molecule has 1 saturated heterocycles. The first kappa shape index (κ1) is 14.6. The molecule has 1 fully saturated rings. The first-order valence-corrected chi connectivity index (χ1v) is 6.96. The van der Waals surface area contributed by atoms with Gasteiger partial charge in [0, 0.05) is 25.5 Å². The first-order valence-electron chi connectivity index (χ1n) is 6.96. The van der Waals surface area contributed by atoms with Gasteiger partial charge in [0.1, 0.15) is 5.60 Å². The second-order valence-electron chi connectivity index (χ2n) is 5.92. The van der Waals surface area contributed by atoms with Crippen molar-refractivity contribution >= 4 is 12.0 Å². The fourth-order valence-corrected chi connectivity index (χ4v) is 2.21. The highest BCUT2D eigenvalue weighted by molar-refractivity contribution is 5.69. The number of carbonyl (C=O) groups excluding carboxylic acids is 1. The Morgan fingerprint density at radius 1 is 1.45 bits per heavy atom. The molecule has 2 rings (SSSR count). The first-order chi connectivity index (χ1) is 9.46. The molecule has 2 heterocycles. The minimum absolute atomic E-state index is 0.133.